The molecule has 1 atom stereocenters. The fourth-order valence-corrected chi connectivity index (χ4v) is 4.81. The summed E-state index contributed by atoms with van der Waals surface area (Å²) in [5.74, 6) is -2.80. The van der Waals surface area contributed by atoms with E-state index in [1.54, 1.807) is 47.3 Å². The van der Waals surface area contributed by atoms with Crippen LogP contribution in [0.4, 0.5) is 5.69 Å². The van der Waals surface area contributed by atoms with Crippen LogP contribution in [0.25, 0.3) is 0 Å². The SMILES string of the molecule is COc1cc(N2CCN(CCC(O)C3(Oc4cc(C)c(Cl)c(C)c4)OC(=O)C(=O)O3)CC2)cc(OC)c1OC. The van der Waals surface area contributed by atoms with E-state index in [2.05, 4.69) is 9.80 Å². The van der Waals surface area contributed by atoms with E-state index in [4.69, 9.17) is 40.0 Å². The second-order valence-corrected chi connectivity index (χ2v) is 9.75. The van der Waals surface area contributed by atoms with Crippen LogP contribution in [0.15, 0.2) is 24.3 Å². The third kappa shape index (κ3) is 5.95. The van der Waals surface area contributed by atoms with Gasteiger partial charge in [0.05, 0.1) is 21.3 Å². The van der Waals surface area contributed by atoms with Crippen molar-refractivity contribution in [3.05, 3.63) is 40.4 Å². The number of halogens is 1. The minimum atomic E-state index is -2.28. The molecular formula is C27H33ClN2O9. The topological polar surface area (TPSA) is 116 Å². The van der Waals surface area contributed by atoms with Crippen LogP contribution in [0.1, 0.15) is 17.5 Å². The quantitative estimate of drug-likeness (QED) is 0.339. The van der Waals surface area contributed by atoms with Gasteiger partial charge >= 0.3 is 17.9 Å². The maximum absolute atomic E-state index is 11.9. The lowest BCUT2D eigenvalue weighted by molar-refractivity contribution is -0.318. The van der Waals surface area contributed by atoms with Gasteiger partial charge in [-0.05, 0) is 43.5 Å². The number of cyclic esters (lactones) is 2. The first-order chi connectivity index (χ1) is 18.6. The Hall–Kier alpha value is -3.41. The van der Waals surface area contributed by atoms with Crippen LogP contribution in [-0.4, -0.2) is 88.1 Å². The molecule has 2 aromatic carbocycles. The molecule has 2 heterocycles. The molecule has 4 rings (SSSR count). The highest BCUT2D eigenvalue weighted by Gasteiger charge is 2.57. The first kappa shape index (κ1) is 28.6. The summed E-state index contributed by atoms with van der Waals surface area (Å²) in [4.78, 5) is 28.2. The van der Waals surface area contributed by atoms with E-state index in [-0.39, 0.29) is 12.2 Å². The molecule has 0 aliphatic carbocycles. The van der Waals surface area contributed by atoms with Crippen LogP contribution in [-0.2, 0) is 19.1 Å². The van der Waals surface area contributed by atoms with Gasteiger partial charge in [-0.1, -0.05) is 11.6 Å². The highest BCUT2D eigenvalue weighted by Crippen LogP contribution is 2.41. The molecule has 0 bridgehead atoms. The number of aliphatic hydroxyl groups excluding tert-OH is 1. The molecule has 212 valence electrons. The summed E-state index contributed by atoms with van der Waals surface area (Å²) >= 11 is 6.24. The van der Waals surface area contributed by atoms with Gasteiger partial charge in [-0.15, -0.1) is 0 Å². The molecule has 0 amide bonds. The minimum Gasteiger partial charge on any atom is -0.493 e. The van der Waals surface area contributed by atoms with Gasteiger partial charge in [0, 0.05) is 55.6 Å². The van der Waals surface area contributed by atoms with Crippen LogP contribution in [0.2, 0.25) is 5.02 Å². The van der Waals surface area contributed by atoms with Crippen molar-refractivity contribution in [2.24, 2.45) is 0 Å². The number of anilines is 1. The van der Waals surface area contributed by atoms with Crippen molar-refractivity contribution in [3.8, 4) is 23.0 Å². The molecule has 0 spiro atoms. The van der Waals surface area contributed by atoms with Crippen molar-refractivity contribution >= 4 is 29.2 Å². The molecule has 1 N–H and O–H groups in total. The number of aliphatic hydroxyl groups is 1. The maximum Gasteiger partial charge on any atom is 0.450 e. The first-order valence-electron chi connectivity index (χ1n) is 12.5. The van der Waals surface area contributed by atoms with Gasteiger partial charge in [-0.3, -0.25) is 4.90 Å². The minimum absolute atomic E-state index is 0.121. The number of ether oxygens (including phenoxy) is 6. The highest BCUT2D eigenvalue weighted by molar-refractivity contribution is 6.32. The Balaban J connectivity index is 1.40. The van der Waals surface area contributed by atoms with Gasteiger partial charge in [0.25, 0.3) is 0 Å². The Kier molecular flexibility index (Phi) is 8.63. The molecule has 2 fully saturated rings. The van der Waals surface area contributed by atoms with E-state index >= 15 is 0 Å². The smallest absolute Gasteiger partial charge is 0.450 e. The number of methoxy groups -OCH3 is 3. The Morgan fingerprint density at radius 2 is 1.46 bits per heavy atom. The molecule has 11 nitrogen and oxygen atoms in total. The van der Waals surface area contributed by atoms with Crippen LogP contribution < -0.4 is 23.8 Å². The van der Waals surface area contributed by atoms with Gasteiger partial charge in [-0.2, -0.15) is 0 Å². The third-order valence-corrected chi connectivity index (χ3v) is 7.42. The van der Waals surface area contributed by atoms with Crippen molar-refractivity contribution in [3.63, 3.8) is 0 Å². The summed E-state index contributed by atoms with van der Waals surface area (Å²) in [6.07, 6.45) is -1.31. The molecule has 2 aliphatic rings. The van der Waals surface area contributed by atoms with E-state index in [1.807, 2.05) is 12.1 Å². The second kappa shape index (κ2) is 11.8. The Labute approximate surface area is 232 Å². The van der Waals surface area contributed by atoms with E-state index in [0.717, 1.165) is 16.8 Å². The van der Waals surface area contributed by atoms with Crippen molar-refractivity contribution in [2.45, 2.75) is 32.3 Å². The average Bonchev–Trinajstić information content (AvgIpc) is 3.22. The largest absolute Gasteiger partial charge is 0.493 e. The molecule has 2 aliphatic heterocycles. The summed E-state index contributed by atoms with van der Waals surface area (Å²) in [6, 6.07) is 7.05. The van der Waals surface area contributed by atoms with Gasteiger partial charge in [0.2, 0.25) is 5.75 Å². The summed E-state index contributed by atoms with van der Waals surface area (Å²) < 4.78 is 32.4. The fourth-order valence-electron chi connectivity index (χ4n) is 4.70. The highest BCUT2D eigenvalue weighted by atomic mass is 35.5. The molecule has 2 aromatic rings. The van der Waals surface area contributed by atoms with E-state index in [0.29, 0.717) is 55.0 Å². The zero-order chi connectivity index (χ0) is 28.3. The van der Waals surface area contributed by atoms with E-state index in [9.17, 15) is 14.7 Å². The fraction of sp³-hybridized carbons (Fsp3) is 0.481. The summed E-state index contributed by atoms with van der Waals surface area (Å²) in [7, 11) is 4.72. The van der Waals surface area contributed by atoms with E-state index < -0.39 is 24.0 Å². The standard InChI is InChI=1S/C27H33ClN2O9/c1-16-12-19(13-17(2)23(16)28)37-27(38-25(32)26(33)39-27)22(31)6-7-29-8-10-30(11-9-29)18-14-20(34-3)24(36-5)21(15-18)35-4/h12-15,22,31H,6-11H2,1-5H3. The Morgan fingerprint density at radius 3 is 1.95 bits per heavy atom. The van der Waals surface area contributed by atoms with Crippen molar-refractivity contribution in [1.29, 1.82) is 0 Å². The zero-order valence-corrected chi connectivity index (χ0v) is 23.4. The number of hydrogen-bond donors (Lipinski definition) is 1. The zero-order valence-electron chi connectivity index (χ0n) is 22.6. The second-order valence-electron chi connectivity index (χ2n) is 9.37. The normalized spacial score (nSPS) is 17.9. The predicted octanol–water partition coefficient (Wildman–Crippen LogP) is 2.69. The number of piperazine rings is 1. The molecule has 2 saturated heterocycles. The lowest BCUT2D eigenvalue weighted by Crippen LogP contribution is -2.52. The number of esters is 2. The maximum atomic E-state index is 11.9. The Bertz CT molecular complexity index is 1170. The molecule has 1 unspecified atom stereocenters. The van der Waals surface area contributed by atoms with Crippen molar-refractivity contribution in [1.82, 2.24) is 4.90 Å². The number of carbonyl (C=O) groups is 2. The summed E-state index contributed by atoms with van der Waals surface area (Å²) in [5, 5.41) is 11.6. The number of hydrogen-bond acceptors (Lipinski definition) is 11. The number of rotatable bonds is 10. The predicted molar refractivity (Wildman–Crippen MR) is 142 cm³/mol. The van der Waals surface area contributed by atoms with Gasteiger partial charge < -0.3 is 38.4 Å². The van der Waals surface area contributed by atoms with Crippen molar-refractivity contribution in [2.75, 3.05) is 59.0 Å². The molecule has 0 aromatic heterocycles. The molecular weight excluding hydrogens is 532 g/mol. The van der Waals surface area contributed by atoms with E-state index in [1.165, 1.54) is 0 Å². The van der Waals surface area contributed by atoms with Crippen molar-refractivity contribution < 1.29 is 43.1 Å². The number of aryl methyl sites for hydroxylation is 2. The monoisotopic (exact) mass is 564 g/mol. The Morgan fingerprint density at radius 1 is 0.923 bits per heavy atom. The lowest BCUT2D eigenvalue weighted by atomic mass is 10.1. The molecule has 39 heavy (non-hydrogen) atoms. The molecule has 0 saturated carbocycles. The first-order valence-corrected chi connectivity index (χ1v) is 12.9. The van der Waals surface area contributed by atoms with Crippen LogP contribution in [0.5, 0.6) is 23.0 Å². The van der Waals surface area contributed by atoms with Gasteiger partial charge in [0.15, 0.2) is 17.6 Å². The van der Waals surface area contributed by atoms with Crippen LogP contribution in [0.3, 0.4) is 0 Å². The van der Waals surface area contributed by atoms with Gasteiger partial charge in [0.1, 0.15) is 5.75 Å². The van der Waals surface area contributed by atoms with Crippen LogP contribution in [0, 0.1) is 13.8 Å². The summed E-state index contributed by atoms with van der Waals surface area (Å²) in [5.41, 5.74) is 2.38. The number of benzene rings is 2. The van der Waals surface area contributed by atoms with Crippen LogP contribution >= 0.6 is 11.6 Å². The summed E-state index contributed by atoms with van der Waals surface area (Å²) in [6.45, 7) is 6.85. The number of carbonyl (C=O) groups excluding carboxylic acids is 2. The third-order valence-electron chi connectivity index (χ3n) is 6.82. The van der Waals surface area contributed by atoms with Gasteiger partial charge in [-0.25, -0.2) is 9.59 Å². The molecule has 0 radical (unpaired) electrons. The molecule has 12 heteroatoms. The number of nitrogens with zero attached hydrogens (tertiary/aromatic N) is 2. The lowest BCUT2D eigenvalue weighted by Gasteiger charge is -2.37. The average molecular weight is 565 g/mol.